The van der Waals surface area contributed by atoms with Crippen LogP contribution in [0, 0.1) is 0 Å². The second-order valence-electron chi connectivity index (χ2n) is 14.4. The number of benzene rings is 3. The van der Waals surface area contributed by atoms with Gasteiger partial charge in [-0.1, -0.05) is 97.1 Å². The Balaban J connectivity index is 1.63. The third-order valence-electron chi connectivity index (χ3n) is 8.74. The van der Waals surface area contributed by atoms with Crippen molar-refractivity contribution in [3.8, 4) is 0 Å². The van der Waals surface area contributed by atoms with Crippen molar-refractivity contribution in [3.63, 3.8) is 0 Å². The van der Waals surface area contributed by atoms with Crippen molar-refractivity contribution >= 4 is 29.7 Å². The monoisotopic (exact) mass is 790 g/mol. The Morgan fingerprint density at radius 3 is 1.79 bits per heavy atom. The number of nitrogens with one attached hydrogen (secondary N) is 3. The molecule has 0 unspecified atom stereocenters. The van der Waals surface area contributed by atoms with Crippen LogP contribution in [0.3, 0.4) is 0 Å². The van der Waals surface area contributed by atoms with Crippen LogP contribution in [0.4, 0.5) is 4.79 Å². The minimum Gasteiger partial charge on any atom is -0.452 e. The van der Waals surface area contributed by atoms with Gasteiger partial charge in [-0.3, -0.25) is 19.2 Å². The van der Waals surface area contributed by atoms with E-state index in [4.69, 9.17) is 15.2 Å². The van der Waals surface area contributed by atoms with Gasteiger partial charge in [0.15, 0.2) is 18.0 Å². The van der Waals surface area contributed by atoms with Crippen LogP contribution in [-0.2, 0) is 28.7 Å². The first-order valence-corrected chi connectivity index (χ1v) is 18.5. The molecule has 15 nitrogen and oxygen atoms in total. The Hall–Kier alpha value is -5.45. The van der Waals surface area contributed by atoms with Crippen molar-refractivity contribution in [1.82, 2.24) is 16.0 Å². The molecule has 308 valence electrons. The zero-order chi connectivity index (χ0) is 42.1. The largest absolute Gasteiger partial charge is 0.452 e. The van der Waals surface area contributed by atoms with Crippen LogP contribution in [0.5, 0.6) is 0 Å². The average molecular weight is 791 g/mol. The van der Waals surface area contributed by atoms with Crippen LogP contribution < -0.4 is 21.7 Å². The molecule has 0 aliphatic carbocycles. The summed E-state index contributed by atoms with van der Waals surface area (Å²) >= 11 is 0. The van der Waals surface area contributed by atoms with Gasteiger partial charge >= 0.3 is 12.1 Å². The third-order valence-corrected chi connectivity index (χ3v) is 8.74. The summed E-state index contributed by atoms with van der Waals surface area (Å²) in [6.07, 6.45) is -7.47. The summed E-state index contributed by atoms with van der Waals surface area (Å²) in [4.78, 5) is 64.7. The highest BCUT2D eigenvalue weighted by Crippen LogP contribution is 2.28. The standard InChI is InChI=1S/C42H54N4O11/c1-5-15-30(46-41(55)57-42(2,3)4)33(48)23-22-29(43)39(53)45-32(25-47)35(50)36(51)37(52)40(54)44-31(26-16-9-6-10-17-26)24-34(49)56-38(27-18-11-7-12-19-27)28-20-13-8-14-21-28/h5-14,16-21,29-32,35-38,47,50-52H,1,15,22-25,43H2,2-4H3,(H,44,54)(H,45,53)(H,46,55)/t29-,30-,31-,32-,35+,36+,37-/m0/s1. The Kier molecular flexibility index (Phi) is 18.0. The number of ketones is 1. The summed E-state index contributed by atoms with van der Waals surface area (Å²) in [6.45, 7) is 7.64. The average Bonchev–Trinajstić information content (AvgIpc) is 3.19. The zero-order valence-electron chi connectivity index (χ0n) is 32.3. The normalized spacial score (nSPS) is 15.1. The molecule has 3 amide bonds. The van der Waals surface area contributed by atoms with Crippen molar-refractivity contribution in [2.45, 2.75) is 101 Å². The van der Waals surface area contributed by atoms with Gasteiger partial charge in [0.1, 0.15) is 17.8 Å². The Labute approximate surface area is 332 Å². The number of carbonyl (C=O) groups excluding carboxylic acids is 5. The molecule has 7 atom stereocenters. The van der Waals surface area contributed by atoms with Gasteiger partial charge in [0.05, 0.1) is 37.2 Å². The third kappa shape index (κ3) is 14.9. The van der Waals surface area contributed by atoms with E-state index in [0.717, 1.165) is 11.1 Å². The van der Waals surface area contributed by atoms with Gasteiger partial charge in [-0.15, -0.1) is 6.58 Å². The molecular formula is C42H54N4O11. The first-order chi connectivity index (χ1) is 27.0. The van der Waals surface area contributed by atoms with E-state index in [0.29, 0.717) is 5.56 Å². The lowest BCUT2D eigenvalue weighted by molar-refractivity contribution is -0.149. The summed E-state index contributed by atoms with van der Waals surface area (Å²) in [5.74, 6) is -3.23. The molecule has 15 heteroatoms. The van der Waals surface area contributed by atoms with Crippen LogP contribution in [0.1, 0.15) is 75.3 Å². The van der Waals surface area contributed by atoms with Gasteiger partial charge in [0, 0.05) is 6.42 Å². The van der Waals surface area contributed by atoms with Crippen molar-refractivity contribution in [3.05, 3.63) is 120 Å². The lowest BCUT2D eigenvalue weighted by atomic mass is 9.98. The molecule has 0 heterocycles. The summed E-state index contributed by atoms with van der Waals surface area (Å²) in [5, 5.41) is 49.8. The number of nitrogens with two attached hydrogens (primary N) is 1. The molecule has 0 aromatic heterocycles. The first kappa shape index (κ1) is 45.9. The molecule has 9 N–H and O–H groups in total. The maximum absolute atomic E-state index is 13.4. The number of hydrogen-bond donors (Lipinski definition) is 8. The van der Waals surface area contributed by atoms with Crippen molar-refractivity contribution in [2.75, 3.05) is 6.61 Å². The fourth-order valence-electron chi connectivity index (χ4n) is 5.72. The quantitative estimate of drug-likeness (QED) is 0.0572. The zero-order valence-corrected chi connectivity index (χ0v) is 32.3. The number of esters is 1. The van der Waals surface area contributed by atoms with Crippen molar-refractivity contribution in [1.29, 1.82) is 0 Å². The maximum Gasteiger partial charge on any atom is 0.408 e. The van der Waals surface area contributed by atoms with E-state index in [2.05, 4.69) is 22.5 Å². The van der Waals surface area contributed by atoms with E-state index in [1.54, 1.807) is 51.1 Å². The second kappa shape index (κ2) is 22.3. The highest BCUT2D eigenvalue weighted by atomic mass is 16.6. The van der Waals surface area contributed by atoms with Crippen LogP contribution in [0.2, 0.25) is 0 Å². The first-order valence-electron chi connectivity index (χ1n) is 18.5. The topological polar surface area (TPSA) is 247 Å². The molecule has 3 aromatic carbocycles. The van der Waals surface area contributed by atoms with Gasteiger partial charge in [-0.05, 0) is 50.3 Å². The predicted molar refractivity (Wildman–Crippen MR) is 210 cm³/mol. The number of Topliss-reactive ketones (excluding diaryl/α,β-unsaturated/α-hetero) is 1. The number of amides is 3. The molecule has 0 radical (unpaired) electrons. The second-order valence-corrected chi connectivity index (χ2v) is 14.4. The summed E-state index contributed by atoms with van der Waals surface area (Å²) in [6, 6.07) is 21.6. The van der Waals surface area contributed by atoms with E-state index in [-0.39, 0.29) is 25.7 Å². The minimum atomic E-state index is -2.29. The van der Waals surface area contributed by atoms with Crippen molar-refractivity contribution < 1.29 is 53.9 Å². The molecule has 0 aliphatic heterocycles. The minimum absolute atomic E-state index is 0.0885. The number of hydrogen-bond acceptors (Lipinski definition) is 12. The van der Waals surface area contributed by atoms with Crippen LogP contribution in [-0.4, -0.2) is 98.7 Å². The van der Waals surface area contributed by atoms with Gasteiger partial charge in [0.2, 0.25) is 5.91 Å². The molecular weight excluding hydrogens is 736 g/mol. The fourth-order valence-corrected chi connectivity index (χ4v) is 5.72. The number of ether oxygens (including phenoxy) is 2. The molecule has 0 aliphatic rings. The summed E-state index contributed by atoms with van der Waals surface area (Å²) in [7, 11) is 0. The number of rotatable bonds is 21. The Morgan fingerprint density at radius 2 is 1.30 bits per heavy atom. The number of alkyl carbamates (subject to hydrolysis) is 1. The van der Waals surface area contributed by atoms with E-state index < -0.39 is 90.5 Å². The van der Waals surface area contributed by atoms with Crippen LogP contribution >= 0.6 is 0 Å². The smallest absolute Gasteiger partial charge is 0.408 e. The van der Waals surface area contributed by atoms with Crippen LogP contribution in [0.15, 0.2) is 104 Å². The SMILES string of the molecule is C=CC[C@H](NC(=O)OC(C)(C)C)C(=O)CC[C@H](N)C(=O)N[C@@H](CO)[C@@H](O)[C@@H](O)[C@H](O)C(=O)N[C@@H](CC(=O)OC(c1ccccc1)c1ccccc1)c1ccccc1. The maximum atomic E-state index is 13.4. The molecule has 0 saturated carbocycles. The molecule has 0 bridgehead atoms. The van der Waals surface area contributed by atoms with Gasteiger partial charge < -0.3 is 51.6 Å². The number of carbonyl (C=O) groups is 5. The van der Waals surface area contributed by atoms with E-state index >= 15 is 0 Å². The molecule has 3 rings (SSSR count). The predicted octanol–water partition coefficient (Wildman–Crippen LogP) is 2.27. The van der Waals surface area contributed by atoms with E-state index in [1.165, 1.54) is 6.08 Å². The highest BCUT2D eigenvalue weighted by molar-refractivity contribution is 5.89. The lowest BCUT2D eigenvalue weighted by Crippen LogP contribution is -2.58. The molecule has 57 heavy (non-hydrogen) atoms. The molecule has 0 spiro atoms. The highest BCUT2D eigenvalue weighted by Gasteiger charge is 2.37. The number of aliphatic hydroxyl groups excluding tert-OH is 4. The lowest BCUT2D eigenvalue weighted by Gasteiger charge is -2.30. The van der Waals surface area contributed by atoms with Crippen molar-refractivity contribution in [2.24, 2.45) is 5.73 Å². The summed E-state index contributed by atoms with van der Waals surface area (Å²) < 4.78 is 11.1. The van der Waals surface area contributed by atoms with E-state index in [9.17, 15) is 44.4 Å². The molecule has 0 fully saturated rings. The summed E-state index contributed by atoms with van der Waals surface area (Å²) in [5.41, 5.74) is 7.09. The van der Waals surface area contributed by atoms with E-state index in [1.807, 2.05) is 60.7 Å². The Morgan fingerprint density at radius 1 is 0.772 bits per heavy atom. The van der Waals surface area contributed by atoms with Gasteiger partial charge in [0.25, 0.3) is 5.91 Å². The number of aliphatic hydroxyl groups is 4. The van der Waals surface area contributed by atoms with Gasteiger partial charge in [-0.2, -0.15) is 0 Å². The fraction of sp³-hybridized carbons (Fsp3) is 0.405. The molecule has 3 aromatic rings. The van der Waals surface area contributed by atoms with Crippen LogP contribution in [0.25, 0.3) is 0 Å². The molecule has 0 saturated heterocycles. The Bertz CT molecular complexity index is 1720. The van der Waals surface area contributed by atoms with Gasteiger partial charge in [-0.25, -0.2) is 4.79 Å².